The van der Waals surface area contributed by atoms with Gasteiger partial charge in [0.25, 0.3) is 5.82 Å². The number of nitrogens with zero attached hydrogens (tertiary/aromatic N) is 6. The number of piperidine rings is 1. The maximum Gasteiger partial charge on any atom is 0.573 e. The molecular formula is C27H25F6N7O4. The van der Waals surface area contributed by atoms with Crippen LogP contribution in [0.15, 0.2) is 60.7 Å². The Morgan fingerprint density at radius 1 is 1.00 bits per heavy atom. The number of hydrogen-bond acceptors (Lipinski definition) is 8. The van der Waals surface area contributed by atoms with Crippen molar-refractivity contribution in [2.75, 3.05) is 13.1 Å². The number of likely N-dealkylation sites (tertiary alicyclic amines) is 1. The van der Waals surface area contributed by atoms with Crippen LogP contribution >= 0.6 is 0 Å². The van der Waals surface area contributed by atoms with Crippen molar-refractivity contribution in [2.24, 2.45) is 0 Å². The van der Waals surface area contributed by atoms with E-state index in [2.05, 4.69) is 25.6 Å². The second-order valence-electron chi connectivity index (χ2n) is 10.0. The summed E-state index contributed by atoms with van der Waals surface area (Å²) in [5, 5.41) is 32.4. The Hall–Kier alpha value is -4.80. The van der Waals surface area contributed by atoms with E-state index in [0.717, 1.165) is 28.3 Å². The molecule has 2 aromatic heterocycles. The lowest BCUT2D eigenvalue weighted by Gasteiger charge is -2.39. The Kier molecular flexibility index (Phi) is 8.40. The summed E-state index contributed by atoms with van der Waals surface area (Å²) in [6.07, 6.45) is -9.63. The predicted octanol–water partition coefficient (Wildman–Crippen LogP) is 3.97. The van der Waals surface area contributed by atoms with E-state index in [1.807, 2.05) is 12.1 Å². The number of carbonyl (C=O) groups is 1. The van der Waals surface area contributed by atoms with E-state index >= 15 is 0 Å². The van der Waals surface area contributed by atoms with Crippen LogP contribution in [-0.2, 0) is 24.1 Å². The first-order valence-electron chi connectivity index (χ1n) is 13.2. The molecule has 2 atom stereocenters. The number of ether oxygens (including phenoxy) is 1. The molecule has 1 aliphatic heterocycles. The van der Waals surface area contributed by atoms with E-state index in [1.54, 1.807) is 23.1 Å². The summed E-state index contributed by atoms with van der Waals surface area (Å²) in [5.41, 5.74) is 0.496. The van der Waals surface area contributed by atoms with Gasteiger partial charge >= 0.3 is 12.5 Å². The molecule has 1 amide bonds. The third-order valence-electron chi connectivity index (χ3n) is 7.21. The van der Waals surface area contributed by atoms with E-state index in [1.165, 1.54) is 12.1 Å². The van der Waals surface area contributed by atoms with Gasteiger partial charge < -0.3 is 25.2 Å². The van der Waals surface area contributed by atoms with Crippen LogP contribution in [0.1, 0.15) is 29.3 Å². The smallest absolute Gasteiger partial charge is 0.494 e. The van der Waals surface area contributed by atoms with Gasteiger partial charge in [0, 0.05) is 49.3 Å². The molecule has 2 aromatic carbocycles. The molecule has 3 heterocycles. The Morgan fingerprint density at radius 2 is 1.70 bits per heavy atom. The summed E-state index contributed by atoms with van der Waals surface area (Å²) in [4.78, 5) is 14.7. The van der Waals surface area contributed by atoms with E-state index in [9.17, 15) is 41.4 Å². The zero-order valence-electron chi connectivity index (χ0n) is 22.6. The van der Waals surface area contributed by atoms with Crippen LogP contribution in [0.3, 0.4) is 0 Å². The third-order valence-corrected chi connectivity index (χ3v) is 7.21. The molecule has 1 saturated heterocycles. The Morgan fingerprint density at radius 3 is 2.36 bits per heavy atom. The normalized spacial score (nSPS) is 17.5. The van der Waals surface area contributed by atoms with Gasteiger partial charge in [-0.1, -0.05) is 30.3 Å². The molecule has 2 unspecified atom stereocenters. The monoisotopic (exact) mass is 625 g/mol. The maximum atomic E-state index is 13.4. The molecule has 0 radical (unpaired) electrons. The minimum absolute atomic E-state index is 0.104. The number of hydrogen-bond donors (Lipinski definition) is 3. The fourth-order valence-electron chi connectivity index (χ4n) is 5.14. The lowest BCUT2D eigenvalue weighted by Crippen LogP contribution is -2.50. The van der Waals surface area contributed by atoms with Crippen molar-refractivity contribution in [3.63, 3.8) is 0 Å². The van der Waals surface area contributed by atoms with Crippen molar-refractivity contribution in [3.8, 4) is 23.2 Å². The zero-order valence-corrected chi connectivity index (χ0v) is 22.6. The van der Waals surface area contributed by atoms with Gasteiger partial charge in [-0.25, -0.2) is 0 Å². The van der Waals surface area contributed by atoms with E-state index < -0.39 is 24.1 Å². The number of amides is 1. The van der Waals surface area contributed by atoms with E-state index in [-0.39, 0.29) is 67.1 Å². The highest BCUT2D eigenvalue weighted by atomic mass is 19.4. The molecule has 44 heavy (non-hydrogen) atoms. The topological polar surface area (TPSA) is 131 Å². The van der Waals surface area contributed by atoms with Crippen molar-refractivity contribution in [3.05, 3.63) is 77.6 Å². The molecule has 0 bridgehead atoms. The van der Waals surface area contributed by atoms with Gasteiger partial charge in [-0.2, -0.15) is 17.9 Å². The van der Waals surface area contributed by atoms with Crippen molar-refractivity contribution < 1.29 is 46.1 Å². The lowest BCUT2D eigenvalue weighted by molar-refractivity contribution is -0.274. The van der Waals surface area contributed by atoms with Crippen molar-refractivity contribution in [1.29, 1.82) is 0 Å². The number of carbonyl (C=O) groups excluding carboxylic acids is 1. The predicted molar refractivity (Wildman–Crippen MR) is 140 cm³/mol. The maximum absolute atomic E-state index is 13.4. The van der Waals surface area contributed by atoms with Gasteiger partial charge in [0.2, 0.25) is 5.91 Å². The largest absolute Gasteiger partial charge is 0.573 e. The molecule has 4 aromatic rings. The summed E-state index contributed by atoms with van der Waals surface area (Å²) >= 11 is 0. The first kappa shape index (κ1) is 30.7. The average molecular weight is 626 g/mol. The SMILES string of the molecule is O=C(Cn1c(O)ccc1O)N1CCC(NCc2cc(-n3nnnc3C(F)(F)F)ccc2OC(F)(F)F)C(c2ccccc2)C1. The Bertz CT molecular complexity index is 1590. The number of nitrogens with one attached hydrogen (secondary N) is 1. The van der Waals surface area contributed by atoms with Gasteiger partial charge in [-0.05, 0) is 40.6 Å². The van der Waals surface area contributed by atoms with Crippen molar-refractivity contribution >= 4 is 5.91 Å². The summed E-state index contributed by atoms with van der Waals surface area (Å²) in [7, 11) is 0. The second kappa shape index (κ2) is 12.1. The number of halogens is 6. The van der Waals surface area contributed by atoms with Crippen LogP contribution in [0, 0.1) is 0 Å². The van der Waals surface area contributed by atoms with Crippen LogP contribution in [0.5, 0.6) is 17.5 Å². The van der Waals surface area contributed by atoms with Gasteiger partial charge in [0.1, 0.15) is 12.3 Å². The second-order valence-corrected chi connectivity index (χ2v) is 10.0. The molecule has 11 nitrogen and oxygen atoms in total. The quantitative estimate of drug-likeness (QED) is 0.251. The number of benzene rings is 2. The highest BCUT2D eigenvalue weighted by Gasteiger charge is 2.39. The van der Waals surface area contributed by atoms with Crippen LogP contribution in [0.4, 0.5) is 26.3 Å². The highest BCUT2D eigenvalue weighted by Crippen LogP contribution is 2.33. The Labute approximate surface area is 245 Å². The molecule has 0 aliphatic carbocycles. The number of tetrazole rings is 1. The van der Waals surface area contributed by atoms with Gasteiger partial charge in [0.05, 0.1) is 5.69 Å². The molecule has 1 fully saturated rings. The van der Waals surface area contributed by atoms with Crippen LogP contribution in [0.25, 0.3) is 5.69 Å². The molecule has 0 spiro atoms. The fourth-order valence-corrected chi connectivity index (χ4v) is 5.14. The summed E-state index contributed by atoms with van der Waals surface area (Å²) in [6.45, 7) is -0.106. The van der Waals surface area contributed by atoms with Crippen LogP contribution < -0.4 is 10.1 Å². The van der Waals surface area contributed by atoms with E-state index in [4.69, 9.17) is 0 Å². The van der Waals surface area contributed by atoms with Crippen LogP contribution in [-0.4, -0.2) is 71.3 Å². The molecule has 3 N–H and O–H groups in total. The molecular weight excluding hydrogens is 600 g/mol. The number of aromatic hydroxyl groups is 2. The molecule has 5 rings (SSSR count). The highest BCUT2D eigenvalue weighted by molar-refractivity contribution is 5.76. The molecule has 0 saturated carbocycles. The standard InChI is InChI=1S/C27H25F6N7O4/c28-26(29,30)25-35-36-37-40(25)18-6-7-21(44-27(31,32)33)17(12-18)13-34-20-10-11-38(14-19(20)16-4-2-1-3-5-16)24(43)15-39-22(41)8-9-23(39)42/h1-9,12,19-20,34,41-42H,10-11,13-15H2. The van der Waals surface area contributed by atoms with Crippen molar-refractivity contribution in [2.45, 2.75) is 44.0 Å². The van der Waals surface area contributed by atoms with E-state index in [0.29, 0.717) is 11.1 Å². The molecule has 1 aliphatic rings. The fraction of sp³-hybridized carbons (Fsp3) is 0.333. The third kappa shape index (κ3) is 6.88. The minimum Gasteiger partial charge on any atom is -0.494 e. The van der Waals surface area contributed by atoms with Crippen molar-refractivity contribution in [1.82, 2.24) is 35.0 Å². The number of alkyl halides is 6. The summed E-state index contributed by atoms with van der Waals surface area (Å²) < 4.78 is 85.4. The number of aromatic nitrogens is 5. The summed E-state index contributed by atoms with van der Waals surface area (Å²) in [5.74, 6) is -3.35. The minimum atomic E-state index is -5.07. The Balaban J connectivity index is 1.39. The lowest BCUT2D eigenvalue weighted by atomic mass is 9.85. The molecule has 17 heteroatoms. The first-order chi connectivity index (χ1) is 20.8. The van der Waals surface area contributed by atoms with Gasteiger partial charge in [-0.3, -0.25) is 9.36 Å². The summed E-state index contributed by atoms with van der Waals surface area (Å²) in [6, 6.07) is 14.1. The molecule has 234 valence electrons. The zero-order chi connectivity index (χ0) is 31.6. The van der Waals surface area contributed by atoms with Crippen LogP contribution in [0.2, 0.25) is 0 Å². The number of rotatable bonds is 8. The van der Waals surface area contributed by atoms with Gasteiger partial charge in [-0.15, -0.1) is 18.3 Å². The first-order valence-corrected chi connectivity index (χ1v) is 13.2. The van der Waals surface area contributed by atoms with Gasteiger partial charge in [0.15, 0.2) is 11.8 Å². The average Bonchev–Trinajstić information content (AvgIpc) is 3.60.